The van der Waals surface area contributed by atoms with Crippen molar-refractivity contribution in [1.82, 2.24) is 15.2 Å². The Morgan fingerprint density at radius 3 is 2.55 bits per heavy atom. The second kappa shape index (κ2) is 8.06. The minimum absolute atomic E-state index is 0.0351. The number of hydrogen-bond donors (Lipinski definition) is 2. The largest absolute Gasteiger partial charge is 0.378 e. The van der Waals surface area contributed by atoms with Crippen LogP contribution in [0.15, 0.2) is 18.2 Å². The molecular formula is C23H31FN4O3. The second-order valence-corrected chi connectivity index (χ2v) is 9.92. The fraction of sp³-hybridized carbons (Fsp3) is 0.652. The third-order valence-corrected chi connectivity index (χ3v) is 8.02. The van der Waals surface area contributed by atoms with Gasteiger partial charge in [-0.1, -0.05) is 6.07 Å². The van der Waals surface area contributed by atoms with Gasteiger partial charge in [0.2, 0.25) is 0 Å². The van der Waals surface area contributed by atoms with Crippen LogP contribution in [0.25, 0.3) is 0 Å². The number of rotatable bonds is 5. The van der Waals surface area contributed by atoms with Gasteiger partial charge in [-0.3, -0.25) is 10.2 Å². The van der Waals surface area contributed by atoms with Gasteiger partial charge in [0.25, 0.3) is 5.91 Å². The molecule has 4 bridgehead atoms. The summed E-state index contributed by atoms with van der Waals surface area (Å²) in [5.41, 5.74) is 2.80. The van der Waals surface area contributed by atoms with Gasteiger partial charge in [-0.15, -0.1) is 0 Å². The van der Waals surface area contributed by atoms with E-state index in [0.29, 0.717) is 44.3 Å². The van der Waals surface area contributed by atoms with Crippen molar-refractivity contribution < 1.29 is 18.7 Å². The molecule has 168 valence electrons. The van der Waals surface area contributed by atoms with Crippen LogP contribution in [0.1, 0.15) is 48.0 Å². The van der Waals surface area contributed by atoms with Crippen molar-refractivity contribution in [2.45, 2.75) is 38.6 Å². The number of ether oxygens (including phenoxy) is 1. The average Bonchev–Trinajstić information content (AvgIpc) is 3.16. The Bertz CT molecular complexity index is 858. The lowest BCUT2D eigenvalue weighted by molar-refractivity contribution is 0.0346. The molecule has 8 heteroatoms. The third kappa shape index (κ3) is 3.80. The van der Waals surface area contributed by atoms with E-state index in [1.165, 1.54) is 38.2 Å². The predicted octanol–water partition coefficient (Wildman–Crippen LogP) is 2.51. The van der Waals surface area contributed by atoms with Crippen molar-refractivity contribution in [2.75, 3.05) is 32.8 Å². The van der Waals surface area contributed by atoms with Crippen LogP contribution >= 0.6 is 0 Å². The lowest BCUT2D eigenvalue weighted by atomic mass is 9.75. The molecule has 1 saturated heterocycles. The van der Waals surface area contributed by atoms with Crippen molar-refractivity contribution >= 4 is 11.9 Å². The number of nitrogens with one attached hydrogen (secondary N) is 1. The Balaban J connectivity index is 1.39. The molecule has 7 nitrogen and oxygen atoms in total. The number of urea groups is 1. The first kappa shape index (κ1) is 20.7. The zero-order valence-electron chi connectivity index (χ0n) is 17.8. The van der Waals surface area contributed by atoms with Crippen LogP contribution in [0.3, 0.4) is 0 Å². The number of nitrogens with two attached hydrogens (primary N) is 1. The van der Waals surface area contributed by atoms with Gasteiger partial charge in [0, 0.05) is 30.8 Å². The number of hydrogen-bond acceptors (Lipinski definition) is 4. The lowest BCUT2D eigenvalue weighted by Gasteiger charge is -2.40. The van der Waals surface area contributed by atoms with E-state index in [1.807, 2.05) is 15.2 Å². The smallest absolute Gasteiger partial charge is 0.320 e. The highest BCUT2D eigenvalue weighted by molar-refractivity contribution is 5.93. The molecule has 5 fully saturated rings. The van der Waals surface area contributed by atoms with Crippen molar-refractivity contribution in [2.24, 2.45) is 29.0 Å². The molecular weight excluding hydrogens is 399 g/mol. The molecule has 0 spiro atoms. The Hall–Kier alpha value is -2.19. The number of morpholine rings is 1. The summed E-state index contributed by atoms with van der Waals surface area (Å²) in [5, 5.41) is 0. The van der Waals surface area contributed by atoms with E-state index in [0.717, 1.165) is 11.8 Å². The molecule has 0 aromatic heterocycles. The molecule has 0 radical (unpaired) electrons. The minimum atomic E-state index is -0.537. The molecule has 3 amide bonds. The molecule has 3 N–H and O–H groups in total. The number of nitrogen functional groups attached to an aromatic ring is 1. The summed E-state index contributed by atoms with van der Waals surface area (Å²) < 4.78 is 20.3. The zero-order valence-corrected chi connectivity index (χ0v) is 17.8. The standard InChI is InChI=1S/C23H31FN4O3/c24-20-10-17(21(29)26-25)1-2-18(20)13-28(22(30)27-3-5-31-6-4-27)14-23-11-15-7-16(12-23)9-19(23)8-15/h1-2,10,15-16,19H,3-9,11-14,25H2,(H,26,29). The van der Waals surface area contributed by atoms with Gasteiger partial charge in [0.05, 0.1) is 19.8 Å². The van der Waals surface area contributed by atoms with Gasteiger partial charge in [-0.2, -0.15) is 0 Å². The van der Waals surface area contributed by atoms with E-state index in [9.17, 15) is 14.0 Å². The summed E-state index contributed by atoms with van der Waals surface area (Å²) in [5.74, 6) is 6.41. The molecule has 1 heterocycles. The molecule has 1 aromatic rings. The number of carbonyl (C=O) groups is 2. The number of benzene rings is 1. The summed E-state index contributed by atoms with van der Waals surface area (Å²) in [6, 6.07) is 4.30. The molecule has 6 rings (SSSR count). The van der Waals surface area contributed by atoms with E-state index >= 15 is 0 Å². The molecule has 4 aliphatic carbocycles. The Kier molecular flexibility index (Phi) is 5.38. The summed E-state index contributed by atoms with van der Waals surface area (Å²) in [6.07, 6.45) is 6.30. The van der Waals surface area contributed by atoms with Gasteiger partial charge in [-0.25, -0.2) is 15.0 Å². The first-order valence-electron chi connectivity index (χ1n) is 11.4. The second-order valence-electron chi connectivity index (χ2n) is 9.92. The highest BCUT2D eigenvalue weighted by atomic mass is 19.1. The maximum Gasteiger partial charge on any atom is 0.320 e. The van der Waals surface area contributed by atoms with Crippen molar-refractivity contribution in [3.05, 3.63) is 35.1 Å². The first-order chi connectivity index (χ1) is 15.0. The summed E-state index contributed by atoms with van der Waals surface area (Å²) >= 11 is 0. The summed E-state index contributed by atoms with van der Waals surface area (Å²) in [4.78, 5) is 28.9. The molecule has 4 saturated carbocycles. The number of amides is 3. The van der Waals surface area contributed by atoms with Crippen LogP contribution in [0.4, 0.5) is 9.18 Å². The normalized spacial score (nSPS) is 31.2. The third-order valence-electron chi connectivity index (χ3n) is 8.02. The number of hydrazine groups is 1. The van der Waals surface area contributed by atoms with Crippen LogP contribution < -0.4 is 11.3 Å². The molecule has 2 unspecified atom stereocenters. The van der Waals surface area contributed by atoms with E-state index in [4.69, 9.17) is 10.6 Å². The maximum atomic E-state index is 14.9. The molecule has 31 heavy (non-hydrogen) atoms. The maximum absolute atomic E-state index is 14.9. The van der Waals surface area contributed by atoms with Gasteiger partial charge in [0.1, 0.15) is 5.82 Å². The lowest BCUT2D eigenvalue weighted by Crippen LogP contribution is -2.51. The van der Waals surface area contributed by atoms with Gasteiger partial charge in [-0.05, 0) is 67.4 Å². The van der Waals surface area contributed by atoms with Crippen molar-refractivity contribution in [1.29, 1.82) is 0 Å². The van der Waals surface area contributed by atoms with E-state index in [1.54, 1.807) is 12.1 Å². The first-order valence-corrected chi connectivity index (χ1v) is 11.4. The van der Waals surface area contributed by atoms with E-state index in [2.05, 4.69) is 0 Å². The monoisotopic (exact) mass is 430 g/mol. The van der Waals surface area contributed by atoms with Crippen LogP contribution in [-0.2, 0) is 11.3 Å². The summed E-state index contributed by atoms with van der Waals surface area (Å²) in [7, 11) is 0. The van der Waals surface area contributed by atoms with Crippen molar-refractivity contribution in [3.8, 4) is 0 Å². The van der Waals surface area contributed by atoms with Crippen LogP contribution in [-0.4, -0.2) is 54.6 Å². The number of halogens is 1. The zero-order chi connectivity index (χ0) is 21.6. The Morgan fingerprint density at radius 2 is 1.90 bits per heavy atom. The van der Waals surface area contributed by atoms with E-state index < -0.39 is 11.7 Å². The van der Waals surface area contributed by atoms with Crippen molar-refractivity contribution in [3.63, 3.8) is 0 Å². The topological polar surface area (TPSA) is 87.9 Å². The number of nitrogens with zero attached hydrogens (tertiary/aromatic N) is 2. The van der Waals surface area contributed by atoms with Gasteiger partial charge in [0.15, 0.2) is 0 Å². The summed E-state index contributed by atoms with van der Waals surface area (Å²) in [6.45, 7) is 3.09. The quantitative estimate of drug-likeness (QED) is 0.427. The Morgan fingerprint density at radius 1 is 1.19 bits per heavy atom. The number of carbonyl (C=O) groups excluding carboxylic acids is 2. The van der Waals surface area contributed by atoms with Crippen LogP contribution in [0.2, 0.25) is 0 Å². The highest BCUT2D eigenvalue weighted by Gasteiger charge is 2.58. The van der Waals surface area contributed by atoms with Crippen LogP contribution in [0.5, 0.6) is 0 Å². The molecule has 2 atom stereocenters. The molecule has 1 aliphatic heterocycles. The average molecular weight is 431 g/mol. The van der Waals surface area contributed by atoms with Crippen LogP contribution in [0, 0.1) is 29.0 Å². The predicted molar refractivity (Wildman–Crippen MR) is 112 cm³/mol. The minimum Gasteiger partial charge on any atom is -0.378 e. The highest BCUT2D eigenvalue weighted by Crippen LogP contribution is 2.65. The fourth-order valence-electron chi connectivity index (χ4n) is 6.85. The molecule has 5 aliphatic rings. The Labute approximate surface area is 182 Å². The van der Waals surface area contributed by atoms with Gasteiger partial charge < -0.3 is 14.5 Å². The fourth-order valence-corrected chi connectivity index (χ4v) is 6.85. The molecule has 1 aromatic carbocycles. The SMILES string of the molecule is NNC(=O)c1ccc(CN(CC23CC4CC(CC2C4)C3)C(=O)N2CCOCC2)c(F)c1. The van der Waals surface area contributed by atoms with E-state index in [-0.39, 0.29) is 23.6 Å². The van der Waals surface area contributed by atoms with Gasteiger partial charge >= 0.3 is 6.03 Å².